The number of aromatic amines is 1. The van der Waals surface area contributed by atoms with E-state index in [4.69, 9.17) is 0 Å². The Kier molecular flexibility index (Phi) is 2.82. The third-order valence-corrected chi connectivity index (χ3v) is 3.54. The second-order valence-corrected chi connectivity index (χ2v) is 4.81. The van der Waals surface area contributed by atoms with Gasteiger partial charge >= 0.3 is 0 Å². The lowest BCUT2D eigenvalue weighted by atomic mass is 10.1. The molecular formula is C15H15N3O2. The van der Waals surface area contributed by atoms with Crippen LogP contribution in [0.2, 0.25) is 0 Å². The van der Waals surface area contributed by atoms with E-state index >= 15 is 0 Å². The van der Waals surface area contributed by atoms with E-state index < -0.39 is 6.17 Å². The van der Waals surface area contributed by atoms with Crippen molar-refractivity contribution < 1.29 is 9.59 Å². The number of benzene rings is 1. The lowest BCUT2D eigenvalue weighted by Crippen LogP contribution is -2.35. The van der Waals surface area contributed by atoms with Gasteiger partial charge in [-0.1, -0.05) is 18.2 Å². The Morgan fingerprint density at radius 3 is 2.25 bits per heavy atom. The van der Waals surface area contributed by atoms with Crippen molar-refractivity contribution in [1.29, 1.82) is 0 Å². The van der Waals surface area contributed by atoms with Crippen molar-refractivity contribution >= 4 is 22.7 Å². The third-order valence-electron chi connectivity index (χ3n) is 3.54. The number of amides is 2. The van der Waals surface area contributed by atoms with Crippen molar-refractivity contribution in [2.45, 2.75) is 20.0 Å². The number of nitrogens with one attached hydrogen (secondary N) is 1. The molecule has 2 amide bonds. The van der Waals surface area contributed by atoms with E-state index in [1.54, 1.807) is 22.2 Å². The molecule has 3 rings (SSSR count). The molecule has 1 aromatic carbocycles. The number of hydrogen-bond acceptors (Lipinski definition) is 2. The summed E-state index contributed by atoms with van der Waals surface area (Å²) in [7, 11) is 0. The van der Waals surface area contributed by atoms with Crippen molar-refractivity contribution in [2.24, 2.45) is 0 Å². The summed E-state index contributed by atoms with van der Waals surface area (Å²) in [6.45, 7) is 2.99. The molecule has 0 fully saturated rings. The molecule has 0 radical (unpaired) electrons. The molecule has 1 aromatic heterocycles. The van der Waals surface area contributed by atoms with Crippen LogP contribution in [0.15, 0.2) is 42.9 Å². The number of H-pyrrole nitrogens is 1. The lowest BCUT2D eigenvalue weighted by Gasteiger charge is -2.28. The molecule has 0 spiro atoms. The predicted octanol–water partition coefficient (Wildman–Crippen LogP) is 2.35. The molecule has 20 heavy (non-hydrogen) atoms. The van der Waals surface area contributed by atoms with Gasteiger partial charge < -0.3 is 4.98 Å². The first-order valence-corrected chi connectivity index (χ1v) is 6.41. The molecule has 5 heteroatoms. The minimum Gasteiger partial charge on any atom is -0.361 e. The van der Waals surface area contributed by atoms with Crippen molar-refractivity contribution in [3.05, 3.63) is 48.4 Å². The molecule has 0 saturated carbocycles. The Hall–Kier alpha value is -2.56. The molecule has 0 atom stereocenters. The minimum absolute atomic E-state index is 0.0970. The van der Waals surface area contributed by atoms with Crippen LogP contribution in [0.5, 0.6) is 0 Å². The Morgan fingerprint density at radius 2 is 1.65 bits per heavy atom. The molecule has 2 heterocycles. The van der Waals surface area contributed by atoms with Gasteiger partial charge in [-0.3, -0.25) is 19.4 Å². The SMILES string of the molecule is CC(=O)N1C=CN(C(C)=O)C1c1c[nH]c2ccccc12. The molecule has 0 aliphatic carbocycles. The van der Waals surface area contributed by atoms with Crippen molar-refractivity contribution in [3.63, 3.8) is 0 Å². The van der Waals surface area contributed by atoms with Crippen LogP contribution in [0.4, 0.5) is 0 Å². The van der Waals surface area contributed by atoms with Crippen LogP contribution in [-0.2, 0) is 9.59 Å². The lowest BCUT2D eigenvalue weighted by molar-refractivity contribution is -0.135. The highest BCUT2D eigenvalue weighted by Crippen LogP contribution is 2.35. The fourth-order valence-electron chi connectivity index (χ4n) is 2.60. The van der Waals surface area contributed by atoms with Crippen molar-refractivity contribution in [2.75, 3.05) is 0 Å². The predicted molar refractivity (Wildman–Crippen MR) is 75.2 cm³/mol. The number of carbonyl (C=O) groups is 2. The van der Waals surface area contributed by atoms with E-state index in [1.165, 1.54) is 13.8 Å². The Labute approximate surface area is 116 Å². The number of fused-ring (bicyclic) bond motifs is 1. The van der Waals surface area contributed by atoms with Gasteiger partial charge in [0.05, 0.1) is 0 Å². The number of nitrogens with zero attached hydrogens (tertiary/aromatic N) is 2. The average molecular weight is 269 g/mol. The summed E-state index contributed by atoms with van der Waals surface area (Å²) < 4.78 is 0. The highest BCUT2D eigenvalue weighted by molar-refractivity contribution is 5.86. The molecular weight excluding hydrogens is 254 g/mol. The van der Waals surface area contributed by atoms with E-state index in [0.29, 0.717) is 0 Å². The van der Waals surface area contributed by atoms with Gasteiger partial charge in [0, 0.05) is 48.9 Å². The largest absolute Gasteiger partial charge is 0.361 e. The average Bonchev–Trinajstić information content (AvgIpc) is 3.01. The van der Waals surface area contributed by atoms with Crippen LogP contribution < -0.4 is 0 Å². The van der Waals surface area contributed by atoms with Crippen LogP contribution >= 0.6 is 0 Å². The van der Waals surface area contributed by atoms with Gasteiger partial charge in [-0.25, -0.2) is 0 Å². The molecule has 5 nitrogen and oxygen atoms in total. The summed E-state index contributed by atoms with van der Waals surface area (Å²) in [4.78, 5) is 29.9. The number of carbonyl (C=O) groups excluding carboxylic acids is 2. The van der Waals surface area contributed by atoms with Crippen LogP contribution in [0.3, 0.4) is 0 Å². The van der Waals surface area contributed by atoms with Crippen LogP contribution in [0.1, 0.15) is 25.6 Å². The first-order valence-electron chi connectivity index (χ1n) is 6.41. The summed E-state index contributed by atoms with van der Waals surface area (Å²) in [5.74, 6) is -0.194. The second kappa shape index (κ2) is 4.52. The van der Waals surface area contributed by atoms with Crippen LogP contribution in [-0.4, -0.2) is 26.6 Å². The molecule has 102 valence electrons. The van der Waals surface area contributed by atoms with Crippen molar-refractivity contribution in [1.82, 2.24) is 14.8 Å². The monoisotopic (exact) mass is 269 g/mol. The van der Waals surface area contributed by atoms with Gasteiger partial charge in [-0.2, -0.15) is 0 Å². The zero-order chi connectivity index (χ0) is 14.3. The first-order chi connectivity index (χ1) is 9.59. The zero-order valence-corrected chi connectivity index (χ0v) is 11.3. The van der Waals surface area contributed by atoms with E-state index in [0.717, 1.165) is 16.5 Å². The summed E-state index contributed by atoms with van der Waals surface area (Å²) in [5.41, 5.74) is 1.90. The van der Waals surface area contributed by atoms with Crippen molar-refractivity contribution in [3.8, 4) is 0 Å². The van der Waals surface area contributed by atoms with E-state index in [-0.39, 0.29) is 11.8 Å². The topological polar surface area (TPSA) is 56.4 Å². The number of hydrogen-bond donors (Lipinski definition) is 1. The molecule has 1 aliphatic heterocycles. The molecule has 0 saturated heterocycles. The fourth-order valence-corrected chi connectivity index (χ4v) is 2.60. The summed E-state index contributed by atoms with van der Waals surface area (Å²) in [6, 6.07) is 7.84. The smallest absolute Gasteiger partial charge is 0.225 e. The minimum atomic E-state index is -0.416. The summed E-state index contributed by atoms with van der Waals surface area (Å²) >= 11 is 0. The maximum absolute atomic E-state index is 11.8. The van der Waals surface area contributed by atoms with Gasteiger partial charge in [-0.15, -0.1) is 0 Å². The molecule has 1 N–H and O–H groups in total. The molecule has 0 bridgehead atoms. The Bertz CT molecular complexity index is 693. The standard InChI is InChI=1S/C15H15N3O2/c1-10(19)17-7-8-18(11(2)20)15(17)13-9-16-14-6-4-3-5-12(13)14/h3-9,15-16H,1-2H3. The Balaban J connectivity index is 2.13. The summed E-state index contributed by atoms with van der Waals surface area (Å²) in [5, 5.41) is 1.01. The maximum atomic E-state index is 11.8. The molecule has 0 unspecified atom stereocenters. The fraction of sp³-hybridized carbons (Fsp3) is 0.200. The normalized spacial score (nSPS) is 15.3. The van der Waals surface area contributed by atoms with Gasteiger partial charge in [0.15, 0.2) is 0 Å². The highest BCUT2D eigenvalue weighted by atomic mass is 16.2. The highest BCUT2D eigenvalue weighted by Gasteiger charge is 2.34. The van der Waals surface area contributed by atoms with Crippen LogP contribution in [0, 0.1) is 0 Å². The molecule has 1 aliphatic rings. The van der Waals surface area contributed by atoms with E-state index in [9.17, 15) is 9.59 Å². The first kappa shape index (κ1) is 12.5. The van der Waals surface area contributed by atoms with Gasteiger partial charge in [0.25, 0.3) is 0 Å². The van der Waals surface area contributed by atoms with Crippen LogP contribution in [0.25, 0.3) is 10.9 Å². The van der Waals surface area contributed by atoms with E-state index in [2.05, 4.69) is 4.98 Å². The number of aromatic nitrogens is 1. The Morgan fingerprint density at radius 1 is 1.05 bits per heavy atom. The summed E-state index contributed by atoms with van der Waals surface area (Å²) in [6.07, 6.45) is 4.74. The molecule has 2 aromatic rings. The zero-order valence-electron chi connectivity index (χ0n) is 11.3. The van der Waals surface area contributed by atoms with E-state index in [1.807, 2.05) is 30.5 Å². The van der Waals surface area contributed by atoms with Gasteiger partial charge in [0.2, 0.25) is 11.8 Å². The second-order valence-electron chi connectivity index (χ2n) is 4.81. The van der Waals surface area contributed by atoms with Gasteiger partial charge in [0.1, 0.15) is 6.17 Å². The maximum Gasteiger partial charge on any atom is 0.225 e. The number of para-hydroxylation sites is 1. The third kappa shape index (κ3) is 1.79. The number of rotatable bonds is 1. The van der Waals surface area contributed by atoms with Gasteiger partial charge in [-0.05, 0) is 6.07 Å². The quantitative estimate of drug-likeness (QED) is 0.864.